The number of piperidine rings is 1. The van der Waals surface area contributed by atoms with E-state index in [0.29, 0.717) is 0 Å². The fourth-order valence-corrected chi connectivity index (χ4v) is 4.13. The Hall–Kier alpha value is -2.86. The number of imidazole rings is 1. The normalized spacial score (nSPS) is 15.3. The maximum Gasteiger partial charge on any atom is 0.191 e. The van der Waals surface area contributed by atoms with Crippen molar-refractivity contribution in [3.63, 3.8) is 0 Å². The number of aromatic nitrogens is 2. The molecule has 4 rings (SSSR count). The van der Waals surface area contributed by atoms with Crippen LogP contribution in [-0.4, -0.2) is 47.5 Å². The maximum absolute atomic E-state index is 4.64. The Kier molecular flexibility index (Phi) is 7.56. The molecule has 0 spiro atoms. The number of H-pyrrole nitrogens is 1. The number of aromatic amines is 1. The van der Waals surface area contributed by atoms with Gasteiger partial charge in [0.15, 0.2) is 5.96 Å². The van der Waals surface area contributed by atoms with E-state index in [1.54, 1.807) is 0 Å². The maximum atomic E-state index is 4.64. The largest absolute Gasteiger partial charge is 0.356 e. The van der Waals surface area contributed by atoms with Crippen molar-refractivity contribution in [2.24, 2.45) is 4.99 Å². The van der Waals surface area contributed by atoms with Crippen LogP contribution in [0.4, 0.5) is 0 Å². The highest BCUT2D eigenvalue weighted by Gasteiger charge is 2.10. The van der Waals surface area contributed by atoms with Crippen molar-refractivity contribution >= 4 is 17.0 Å². The summed E-state index contributed by atoms with van der Waals surface area (Å²) in [6, 6.07) is 17.1. The van der Waals surface area contributed by atoms with E-state index in [-0.39, 0.29) is 0 Å². The molecule has 31 heavy (non-hydrogen) atoms. The first kappa shape index (κ1) is 21.4. The molecule has 0 aliphatic carbocycles. The number of rotatable bonds is 8. The Labute approximate surface area is 185 Å². The lowest BCUT2D eigenvalue weighted by Crippen LogP contribution is -2.37. The first-order valence-electron chi connectivity index (χ1n) is 11.5. The first-order valence-corrected chi connectivity index (χ1v) is 11.5. The van der Waals surface area contributed by atoms with Crippen LogP contribution in [0.5, 0.6) is 0 Å². The summed E-state index contributed by atoms with van der Waals surface area (Å²) in [5.74, 6) is 1.87. The molecule has 0 unspecified atom stereocenters. The number of hydrogen-bond acceptors (Lipinski definition) is 3. The molecule has 3 N–H and O–H groups in total. The molecule has 2 heterocycles. The molecule has 1 aromatic heterocycles. The smallest absolute Gasteiger partial charge is 0.191 e. The Morgan fingerprint density at radius 1 is 1.00 bits per heavy atom. The highest BCUT2D eigenvalue weighted by Crippen LogP contribution is 2.14. The molecule has 3 aromatic rings. The van der Waals surface area contributed by atoms with E-state index < -0.39 is 0 Å². The van der Waals surface area contributed by atoms with Crippen LogP contribution in [0.2, 0.25) is 0 Å². The summed E-state index contributed by atoms with van der Waals surface area (Å²) in [7, 11) is 1.82. The van der Waals surface area contributed by atoms with Gasteiger partial charge in [-0.3, -0.25) is 9.89 Å². The van der Waals surface area contributed by atoms with Crippen LogP contribution in [0.1, 0.15) is 42.6 Å². The molecule has 2 aromatic carbocycles. The van der Waals surface area contributed by atoms with Crippen LogP contribution >= 0.6 is 0 Å². The third-order valence-corrected chi connectivity index (χ3v) is 5.88. The topological polar surface area (TPSA) is 68.3 Å². The number of para-hydroxylation sites is 2. The zero-order valence-corrected chi connectivity index (χ0v) is 18.5. The Balaban J connectivity index is 1.17. The average molecular weight is 419 g/mol. The molecule has 164 valence electrons. The van der Waals surface area contributed by atoms with Crippen LogP contribution in [0, 0.1) is 0 Å². The highest BCUT2D eigenvalue weighted by molar-refractivity contribution is 5.79. The lowest BCUT2D eigenvalue weighted by atomic mass is 10.1. The van der Waals surface area contributed by atoms with Crippen molar-refractivity contribution < 1.29 is 0 Å². The van der Waals surface area contributed by atoms with Gasteiger partial charge in [0.2, 0.25) is 0 Å². The summed E-state index contributed by atoms with van der Waals surface area (Å²) in [6.45, 7) is 5.17. The number of benzene rings is 2. The van der Waals surface area contributed by atoms with Gasteiger partial charge in [-0.25, -0.2) is 4.98 Å². The number of likely N-dealkylation sites (tertiary alicyclic amines) is 1. The third kappa shape index (κ3) is 6.31. The van der Waals surface area contributed by atoms with Crippen LogP contribution in [-0.2, 0) is 19.5 Å². The van der Waals surface area contributed by atoms with Crippen molar-refractivity contribution in [3.8, 4) is 0 Å². The summed E-state index contributed by atoms with van der Waals surface area (Å²) >= 11 is 0. The van der Waals surface area contributed by atoms with Gasteiger partial charge in [0, 0.05) is 33.1 Å². The number of fused-ring (bicyclic) bond motifs is 1. The molecular weight excluding hydrogens is 384 g/mol. The molecule has 1 saturated heterocycles. The van der Waals surface area contributed by atoms with Gasteiger partial charge in [0.25, 0.3) is 0 Å². The van der Waals surface area contributed by atoms with Crippen LogP contribution in [0.3, 0.4) is 0 Å². The second-order valence-electron chi connectivity index (χ2n) is 8.31. The van der Waals surface area contributed by atoms with Crippen molar-refractivity contribution in [1.29, 1.82) is 0 Å². The minimum Gasteiger partial charge on any atom is -0.356 e. The van der Waals surface area contributed by atoms with E-state index in [2.05, 4.69) is 60.8 Å². The highest BCUT2D eigenvalue weighted by atomic mass is 15.2. The SMILES string of the molecule is CN=C(NCCCc1nc2ccccc2[nH]1)NCc1ccc(CN2CCCCC2)cc1. The second kappa shape index (κ2) is 11.0. The summed E-state index contributed by atoms with van der Waals surface area (Å²) in [6.07, 6.45) is 5.97. The fourth-order valence-electron chi connectivity index (χ4n) is 4.13. The molecule has 6 nitrogen and oxygen atoms in total. The molecule has 0 amide bonds. The van der Waals surface area contributed by atoms with Crippen molar-refractivity contribution in [3.05, 3.63) is 65.5 Å². The minimum absolute atomic E-state index is 0.771. The van der Waals surface area contributed by atoms with E-state index in [9.17, 15) is 0 Å². The standard InChI is InChI=1S/C25H34N6/c1-26-25(27-15-7-10-24-29-22-8-3-4-9-23(22)30-24)28-18-20-11-13-21(14-12-20)19-31-16-5-2-6-17-31/h3-4,8-9,11-14H,2,5-7,10,15-19H2,1H3,(H,29,30)(H2,26,27,28). The molecular formula is C25H34N6. The molecule has 1 aliphatic heterocycles. The summed E-state index contributed by atoms with van der Waals surface area (Å²) in [5.41, 5.74) is 4.81. The van der Waals surface area contributed by atoms with Gasteiger partial charge in [0.05, 0.1) is 11.0 Å². The van der Waals surface area contributed by atoms with Gasteiger partial charge in [-0.2, -0.15) is 0 Å². The van der Waals surface area contributed by atoms with Gasteiger partial charge < -0.3 is 15.6 Å². The molecule has 1 fully saturated rings. The monoisotopic (exact) mass is 418 g/mol. The van der Waals surface area contributed by atoms with E-state index >= 15 is 0 Å². The molecule has 0 atom stereocenters. The molecule has 1 aliphatic rings. The van der Waals surface area contributed by atoms with Gasteiger partial charge in [-0.1, -0.05) is 42.8 Å². The summed E-state index contributed by atoms with van der Waals surface area (Å²) in [4.78, 5) is 14.9. The molecule has 0 bridgehead atoms. The molecule has 0 radical (unpaired) electrons. The fraction of sp³-hybridized carbons (Fsp3) is 0.440. The number of guanidine groups is 1. The van der Waals surface area contributed by atoms with Crippen molar-refractivity contribution in [1.82, 2.24) is 25.5 Å². The molecule has 0 saturated carbocycles. The van der Waals surface area contributed by atoms with Crippen LogP contribution in [0.15, 0.2) is 53.5 Å². The quantitative estimate of drug-likeness (QED) is 0.295. The summed E-state index contributed by atoms with van der Waals surface area (Å²) < 4.78 is 0. The van der Waals surface area contributed by atoms with Gasteiger partial charge in [-0.05, 0) is 55.6 Å². The van der Waals surface area contributed by atoms with Crippen molar-refractivity contribution in [2.45, 2.75) is 45.2 Å². The van der Waals surface area contributed by atoms with Crippen LogP contribution < -0.4 is 10.6 Å². The predicted octanol–water partition coefficient (Wildman–Crippen LogP) is 3.85. The third-order valence-electron chi connectivity index (χ3n) is 5.88. The Morgan fingerprint density at radius 2 is 1.77 bits per heavy atom. The first-order chi connectivity index (χ1) is 15.3. The number of nitrogens with one attached hydrogen (secondary N) is 3. The van der Waals surface area contributed by atoms with Gasteiger partial charge >= 0.3 is 0 Å². The lowest BCUT2D eigenvalue weighted by molar-refractivity contribution is 0.221. The number of nitrogens with zero attached hydrogens (tertiary/aromatic N) is 3. The summed E-state index contributed by atoms with van der Waals surface area (Å²) in [5, 5.41) is 6.81. The number of hydrogen-bond donors (Lipinski definition) is 3. The zero-order valence-electron chi connectivity index (χ0n) is 18.5. The number of aryl methyl sites for hydroxylation is 1. The van der Waals surface area contributed by atoms with E-state index in [1.807, 2.05) is 25.2 Å². The minimum atomic E-state index is 0.771. The predicted molar refractivity (Wildman–Crippen MR) is 128 cm³/mol. The van der Waals surface area contributed by atoms with Gasteiger partial charge in [-0.15, -0.1) is 0 Å². The van der Waals surface area contributed by atoms with Gasteiger partial charge in [0.1, 0.15) is 5.82 Å². The van der Waals surface area contributed by atoms with Crippen LogP contribution in [0.25, 0.3) is 11.0 Å². The van der Waals surface area contributed by atoms with Crippen molar-refractivity contribution in [2.75, 3.05) is 26.7 Å². The second-order valence-corrected chi connectivity index (χ2v) is 8.31. The molecule has 6 heteroatoms. The van der Waals surface area contributed by atoms with E-state index in [1.165, 1.54) is 43.5 Å². The Morgan fingerprint density at radius 3 is 2.55 bits per heavy atom. The average Bonchev–Trinajstić information content (AvgIpc) is 3.23. The van der Waals surface area contributed by atoms with E-state index in [4.69, 9.17) is 0 Å². The zero-order chi connectivity index (χ0) is 21.3. The number of aliphatic imine (C=N–C) groups is 1. The van der Waals surface area contributed by atoms with E-state index in [0.717, 1.165) is 55.3 Å². The Bertz CT molecular complexity index is 936. The lowest BCUT2D eigenvalue weighted by Gasteiger charge is -2.26.